The summed E-state index contributed by atoms with van der Waals surface area (Å²) in [4.78, 5) is 26.2. The third kappa shape index (κ3) is 3.64. The van der Waals surface area contributed by atoms with Crippen molar-refractivity contribution in [3.05, 3.63) is 30.1 Å². The quantitative estimate of drug-likeness (QED) is 0.798. The number of carboxylic acids is 1. The van der Waals surface area contributed by atoms with Crippen molar-refractivity contribution in [1.82, 2.24) is 4.90 Å². The first-order valence-corrected chi connectivity index (χ1v) is 7.79. The van der Waals surface area contributed by atoms with Crippen molar-refractivity contribution in [2.24, 2.45) is 11.8 Å². The van der Waals surface area contributed by atoms with E-state index >= 15 is 0 Å². The molecule has 5 nitrogen and oxygen atoms in total. The summed E-state index contributed by atoms with van der Waals surface area (Å²) in [5, 5.41) is 9.07. The molecule has 3 rings (SSSR count). The molecule has 1 N–H and O–H groups in total. The van der Waals surface area contributed by atoms with E-state index in [1.54, 1.807) is 6.07 Å². The summed E-state index contributed by atoms with van der Waals surface area (Å²) in [5.41, 5.74) is 0.0800. The molecule has 26 heavy (non-hydrogen) atoms. The molecule has 1 aromatic carbocycles. The maximum Gasteiger partial charge on any atom is 0.393 e. The summed E-state index contributed by atoms with van der Waals surface area (Å²) >= 11 is 0. The molecule has 2 heterocycles. The van der Waals surface area contributed by atoms with Crippen molar-refractivity contribution in [1.29, 1.82) is 0 Å². The maximum atomic E-state index is 13.9. The van der Waals surface area contributed by atoms with E-state index in [-0.39, 0.29) is 37.6 Å². The Bertz CT molecular complexity index is 700. The van der Waals surface area contributed by atoms with Gasteiger partial charge in [0.15, 0.2) is 0 Å². The van der Waals surface area contributed by atoms with Gasteiger partial charge in [0.1, 0.15) is 5.82 Å². The minimum absolute atomic E-state index is 0. The molecule has 1 amide bonds. The molecule has 144 valence electrons. The van der Waals surface area contributed by atoms with Crippen LogP contribution in [0.1, 0.15) is 6.42 Å². The van der Waals surface area contributed by atoms with Crippen LogP contribution in [0.2, 0.25) is 0 Å². The van der Waals surface area contributed by atoms with E-state index in [2.05, 4.69) is 0 Å². The largest absolute Gasteiger partial charge is 0.481 e. The number of hydrogen-bond donors (Lipinski definition) is 1. The van der Waals surface area contributed by atoms with Crippen molar-refractivity contribution in [2.75, 3.05) is 24.5 Å². The van der Waals surface area contributed by atoms with Crippen molar-refractivity contribution >= 4 is 30.0 Å². The number of carbonyl (C=O) groups excluding carboxylic acids is 1. The first kappa shape index (κ1) is 20.4. The van der Waals surface area contributed by atoms with Crippen molar-refractivity contribution < 1.29 is 32.3 Å². The fraction of sp³-hybridized carbons (Fsp3) is 0.500. The van der Waals surface area contributed by atoms with Crippen LogP contribution in [0.5, 0.6) is 0 Å². The highest BCUT2D eigenvalue weighted by molar-refractivity contribution is 5.99. The van der Waals surface area contributed by atoms with Gasteiger partial charge in [-0.25, -0.2) is 4.39 Å². The third-order valence-electron chi connectivity index (χ3n) is 4.85. The number of rotatable bonds is 3. The molecule has 10 heteroatoms. The molecule has 2 saturated heterocycles. The number of nitrogens with zero attached hydrogens (tertiary/aromatic N) is 2. The zero-order valence-corrected chi connectivity index (χ0v) is 14.3. The Labute approximate surface area is 153 Å². The number of aliphatic carboxylic acids is 1. The molecule has 0 aromatic heterocycles. The van der Waals surface area contributed by atoms with E-state index < -0.39 is 48.3 Å². The SMILES string of the molecule is Cl.O=C(O)[C@@H]1CN(C2CCN(c3ccccc3F)C2=O)C[C@H]1C(F)(F)F. The standard InChI is InChI=1S/C16H16F4N2O3.ClH/c17-11-3-1-2-4-12(11)22-6-5-13(14(22)23)21-7-9(15(24)25)10(8-21)16(18,19)20;/h1-4,9-10,13H,5-8H2,(H,24,25);1H/t9-,10-,13?;/m1./s1. The van der Waals surface area contributed by atoms with Crippen LogP contribution in [-0.2, 0) is 9.59 Å². The lowest BCUT2D eigenvalue weighted by Gasteiger charge is -2.24. The molecule has 2 aliphatic heterocycles. The van der Waals surface area contributed by atoms with Crippen molar-refractivity contribution in [2.45, 2.75) is 18.6 Å². The predicted molar refractivity (Wildman–Crippen MR) is 86.6 cm³/mol. The van der Waals surface area contributed by atoms with Gasteiger partial charge >= 0.3 is 12.1 Å². The zero-order chi connectivity index (χ0) is 18.4. The number of carboxylic acid groups (broad SMARTS) is 1. The number of likely N-dealkylation sites (tertiary alicyclic amines) is 1. The van der Waals surface area contributed by atoms with Gasteiger partial charge in [-0.05, 0) is 18.6 Å². The number of alkyl halides is 3. The van der Waals surface area contributed by atoms with Gasteiger partial charge in [-0.1, -0.05) is 12.1 Å². The molecular formula is C16H17ClF4N2O3. The Morgan fingerprint density at radius 2 is 1.85 bits per heavy atom. The Hall–Kier alpha value is -1.87. The van der Waals surface area contributed by atoms with Gasteiger partial charge in [0, 0.05) is 19.6 Å². The van der Waals surface area contributed by atoms with Gasteiger partial charge in [-0.2, -0.15) is 13.2 Å². The smallest absolute Gasteiger partial charge is 0.393 e. The fourth-order valence-corrected chi connectivity index (χ4v) is 3.58. The number of hydrogen-bond acceptors (Lipinski definition) is 3. The molecule has 1 unspecified atom stereocenters. The lowest BCUT2D eigenvalue weighted by atomic mass is 9.96. The van der Waals surface area contributed by atoms with Crippen LogP contribution in [0, 0.1) is 17.7 Å². The second-order valence-electron chi connectivity index (χ2n) is 6.29. The van der Waals surface area contributed by atoms with Crippen LogP contribution >= 0.6 is 12.4 Å². The van der Waals surface area contributed by atoms with E-state index in [1.165, 1.54) is 28.0 Å². The summed E-state index contributed by atoms with van der Waals surface area (Å²) in [5.74, 6) is -6.23. The van der Waals surface area contributed by atoms with Gasteiger partial charge in [-0.3, -0.25) is 14.5 Å². The van der Waals surface area contributed by atoms with E-state index in [0.717, 1.165) is 0 Å². The summed E-state index contributed by atoms with van der Waals surface area (Å²) in [6, 6.07) is 4.80. The second kappa shape index (κ2) is 7.40. The van der Waals surface area contributed by atoms with Gasteiger partial charge in [-0.15, -0.1) is 12.4 Å². The van der Waals surface area contributed by atoms with Gasteiger partial charge < -0.3 is 10.0 Å². The third-order valence-corrected chi connectivity index (χ3v) is 4.85. The van der Waals surface area contributed by atoms with Gasteiger partial charge in [0.2, 0.25) is 5.91 Å². The minimum Gasteiger partial charge on any atom is -0.481 e. The second-order valence-corrected chi connectivity index (χ2v) is 6.29. The molecule has 1 aromatic rings. The summed E-state index contributed by atoms with van der Waals surface area (Å²) in [6.45, 7) is -0.710. The van der Waals surface area contributed by atoms with Gasteiger partial charge in [0.05, 0.1) is 23.6 Å². The lowest BCUT2D eigenvalue weighted by Crippen LogP contribution is -2.41. The lowest BCUT2D eigenvalue weighted by molar-refractivity contribution is -0.188. The Morgan fingerprint density at radius 3 is 2.38 bits per heavy atom. The van der Waals surface area contributed by atoms with Crippen LogP contribution < -0.4 is 4.90 Å². The average molecular weight is 397 g/mol. The molecule has 2 aliphatic rings. The van der Waals surface area contributed by atoms with E-state index in [9.17, 15) is 27.2 Å². The first-order valence-electron chi connectivity index (χ1n) is 7.79. The predicted octanol–water partition coefficient (Wildman–Crippen LogP) is 2.55. The number of halogens is 5. The maximum absolute atomic E-state index is 13.9. The van der Waals surface area contributed by atoms with Crippen LogP contribution in [0.25, 0.3) is 0 Å². The van der Waals surface area contributed by atoms with Crippen LogP contribution in [-0.4, -0.2) is 53.7 Å². The molecule has 0 radical (unpaired) electrons. The first-order chi connectivity index (χ1) is 11.7. The highest BCUT2D eigenvalue weighted by Crippen LogP contribution is 2.40. The topological polar surface area (TPSA) is 60.9 Å². The van der Waals surface area contributed by atoms with E-state index in [0.29, 0.717) is 0 Å². The van der Waals surface area contributed by atoms with Gasteiger partial charge in [0.25, 0.3) is 0 Å². The normalized spacial score (nSPS) is 26.8. The van der Waals surface area contributed by atoms with Crippen LogP contribution in [0.4, 0.5) is 23.2 Å². The summed E-state index contributed by atoms with van der Waals surface area (Å²) < 4.78 is 53.1. The minimum atomic E-state index is -4.65. The van der Waals surface area contributed by atoms with Crippen molar-refractivity contribution in [3.63, 3.8) is 0 Å². The molecule has 2 fully saturated rings. The zero-order valence-electron chi connectivity index (χ0n) is 13.4. The highest BCUT2D eigenvalue weighted by atomic mass is 35.5. The summed E-state index contributed by atoms with van der Waals surface area (Å²) in [7, 11) is 0. The molecule has 3 atom stereocenters. The fourth-order valence-electron chi connectivity index (χ4n) is 3.58. The number of amides is 1. The monoisotopic (exact) mass is 396 g/mol. The van der Waals surface area contributed by atoms with E-state index in [1.807, 2.05) is 0 Å². The Balaban J connectivity index is 0.00000243. The molecule has 0 spiro atoms. The van der Waals surface area contributed by atoms with Crippen LogP contribution in [0.15, 0.2) is 24.3 Å². The number of carbonyl (C=O) groups is 2. The Morgan fingerprint density at radius 1 is 1.19 bits per heavy atom. The highest BCUT2D eigenvalue weighted by Gasteiger charge is 2.55. The average Bonchev–Trinajstić information content (AvgIpc) is 3.11. The molecule has 0 bridgehead atoms. The molecule has 0 saturated carbocycles. The van der Waals surface area contributed by atoms with Crippen molar-refractivity contribution in [3.8, 4) is 0 Å². The number of para-hydroxylation sites is 1. The molecular weight excluding hydrogens is 380 g/mol. The molecule has 0 aliphatic carbocycles. The Kier molecular flexibility index (Phi) is 5.82. The number of anilines is 1. The van der Waals surface area contributed by atoms with Crippen LogP contribution in [0.3, 0.4) is 0 Å². The number of benzene rings is 1. The summed E-state index contributed by atoms with van der Waals surface area (Å²) in [6.07, 6.45) is -4.42. The van der Waals surface area contributed by atoms with E-state index in [4.69, 9.17) is 5.11 Å².